The van der Waals surface area contributed by atoms with Crippen molar-refractivity contribution in [3.8, 4) is 0 Å². The topological polar surface area (TPSA) is 75.9 Å². The Hall–Kier alpha value is -1.01. The zero-order valence-corrected chi connectivity index (χ0v) is 10.5. The molecule has 0 aliphatic heterocycles. The highest BCUT2D eigenvalue weighted by Crippen LogP contribution is 2.10. The smallest absolute Gasteiger partial charge is 0.160 e. The van der Waals surface area contributed by atoms with Gasteiger partial charge in [-0.1, -0.05) is 6.92 Å². The molecule has 0 bridgehead atoms. The summed E-state index contributed by atoms with van der Waals surface area (Å²) in [6.45, 7) is 4.31. The molecule has 0 aliphatic rings. The average Bonchev–Trinajstić information content (AvgIpc) is 2.29. The fourth-order valence-corrected chi connectivity index (χ4v) is 2.04. The quantitative estimate of drug-likeness (QED) is 0.383. The molecule has 0 spiro atoms. The Kier molecular flexibility index (Phi) is 5.95. The number of nitrogens with two attached hydrogens (primary N) is 1. The summed E-state index contributed by atoms with van der Waals surface area (Å²) in [7, 11) is 0. The van der Waals surface area contributed by atoms with E-state index in [2.05, 4.69) is 34.6 Å². The van der Waals surface area contributed by atoms with E-state index >= 15 is 0 Å². The lowest BCUT2D eigenvalue weighted by atomic mass is 10.2. The van der Waals surface area contributed by atoms with Crippen molar-refractivity contribution < 1.29 is 0 Å². The van der Waals surface area contributed by atoms with Gasteiger partial charge in [0.1, 0.15) is 5.82 Å². The van der Waals surface area contributed by atoms with E-state index in [0.29, 0.717) is 11.9 Å². The molecule has 1 rings (SSSR count). The highest BCUT2D eigenvalue weighted by molar-refractivity contribution is 7.99. The number of thioether (sulfide) groups is 1. The maximum absolute atomic E-state index is 5.26. The summed E-state index contributed by atoms with van der Waals surface area (Å²) < 4.78 is 0. The molecule has 1 unspecified atom stereocenters. The molecule has 6 heteroatoms. The molecular formula is C10H19N5S. The van der Waals surface area contributed by atoms with Gasteiger partial charge in [0.25, 0.3) is 0 Å². The van der Waals surface area contributed by atoms with E-state index in [1.54, 1.807) is 12.4 Å². The second kappa shape index (κ2) is 7.29. The van der Waals surface area contributed by atoms with Crippen LogP contribution in [0, 0.1) is 0 Å². The minimum Gasteiger partial charge on any atom is -0.366 e. The van der Waals surface area contributed by atoms with Gasteiger partial charge >= 0.3 is 0 Å². The highest BCUT2D eigenvalue weighted by atomic mass is 32.2. The summed E-state index contributed by atoms with van der Waals surface area (Å²) in [5.74, 6) is 8.91. The van der Waals surface area contributed by atoms with Crippen molar-refractivity contribution in [2.45, 2.75) is 26.3 Å². The van der Waals surface area contributed by atoms with Crippen molar-refractivity contribution in [1.82, 2.24) is 9.97 Å². The van der Waals surface area contributed by atoms with Crippen LogP contribution in [-0.4, -0.2) is 27.5 Å². The van der Waals surface area contributed by atoms with Gasteiger partial charge < -0.3 is 10.7 Å². The molecule has 1 aromatic heterocycles. The molecule has 1 atom stereocenters. The third-order valence-corrected chi connectivity index (χ3v) is 3.01. The number of hydrazine groups is 1. The number of nitrogens with one attached hydrogen (secondary N) is 2. The van der Waals surface area contributed by atoms with Crippen molar-refractivity contribution in [2.75, 3.05) is 22.2 Å². The molecule has 0 aromatic carbocycles. The standard InChI is InChI=1S/C10H19N5S/c1-3-16-5-4-8(2)13-9-6-12-7-10(14-9)15-11/h6-8H,3-5,11H2,1-2H3,(H2,13,14,15). The van der Waals surface area contributed by atoms with Crippen LogP contribution in [0.2, 0.25) is 0 Å². The Morgan fingerprint density at radius 2 is 2.19 bits per heavy atom. The summed E-state index contributed by atoms with van der Waals surface area (Å²) in [5.41, 5.74) is 2.48. The van der Waals surface area contributed by atoms with Gasteiger partial charge in [0.2, 0.25) is 0 Å². The SMILES string of the molecule is CCSCCC(C)Nc1cncc(NN)n1. The van der Waals surface area contributed by atoms with E-state index in [9.17, 15) is 0 Å². The van der Waals surface area contributed by atoms with Crippen LogP contribution in [0.15, 0.2) is 12.4 Å². The average molecular weight is 241 g/mol. The molecule has 0 radical (unpaired) electrons. The van der Waals surface area contributed by atoms with E-state index in [4.69, 9.17) is 5.84 Å². The van der Waals surface area contributed by atoms with Crippen LogP contribution in [0.5, 0.6) is 0 Å². The second-order valence-electron chi connectivity index (χ2n) is 3.46. The number of nitrogen functional groups attached to an aromatic ring is 1. The zero-order chi connectivity index (χ0) is 11.8. The van der Waals surface area contributed by atoms with Crippen molar-refractivity contribution in [3.63, 3.8) is 0 Å². The van der Waals surface area contributed by atoms with Crippen LogP contribution in [0.25, 0.3) is 0 Å². The number of nitrogens with zero attached hydrogens (tertiary/aromatic N) is 2. The maximum atomic E-state index is 5.26. The van der Waals surface area contributed by atoms with Gasteiger partial charge in [0, 0.05) is 6.04 Å². The minimum absolute atomic E-state index is 0.390. The van der Waals surface area contributed by atoms with E-state index < -0.39 is 0 Å². The first kappa shape index (κ1) is 13.1. The summed E-state index contributed by atoms with van der Waals surface area (Å²) in [4.78, 5) is 8.28. The first-order valence-corrected chi connectivity index (χ1v) is 6.54. The lowest BCUT2D eigenvalue weighted by molar-refractivity contribution is 0.765. The number of aromatic nitrogens is 2. The van der Waals surface area contributed by atoms with Gasteiger partial charge in [-0.3, -0.25) is 4.98 Å². The normalized spacial score (nSPS) is 12.2. The maximum Gasteiger partial charge on any atom is 0.160 e. The van der Waals surface area contributed by atoms with Gasteiger partial charge in [-0.15, -0.1) is 0 Å². The Morgan fingerprint density at radius 1 is 1.44 bits per heavy atom. The Balaban J connectivity index is 2.39. The predicted octanol–water partition coefficient (Wildman–Crippen LogP) is 1.71. The van der Waals surface area contributed by atoms with E-state index in [1.807, 2.05) is 11.8 Å². The molecule has 1 aromatic rings. The van der Waals surface area contributed by atoms with Crippen LogP contribution < -0.4 is 16.6 Å². The molecule has 1 heterocycles. The van der Waals surface area contributed by atoms with E-state index in [1.165, 1.54) is 5.75 Å². The van der Waals surface area contributed by atoms with Crippen LogP contribution >= 0.6 is 11.8 Å². The molecule has 90 valence electrons. The summed E-state index contributed by atoms with van der Waals surface area (Å²) in [6.07, 6.45) is 4.40. The molecule has 0 aliphatic carbocycles. The van der Waals surface area contributed by atoms with Crippen molar-refractivity contribution in [3.05, 3.63) is 12.4 Å². The molecule has 5 nitrogen and oxygen atoms in total. The number of rotatable bonds is 7. The number of anilines is 2. The van der Waals surface area contributed by atoms with E-state index in [-0.39, 0.29) is 0 Å². The van der Waals surface area contributed by atoms with Crippen LogP contribution in [0.4, 0.5) is 11.6 Å². The Bertz CT molecular complexity index is 307. The fourth-order valence-electron chi connectivity index (χ4n) is 1.23. The Labute approximate surface area is 101 Å². The molecular weight excluding hydrogens is 222 g/mol. The van der Waals surface area contributed by atoms with Crippen molar-refractivity contribution in [2.24, 2.45) is 5.84 Å². The monoisotopic (exact) mass is 241 g/mol. The third kappa shape index (κ3) is 4.67. The third-order valence-electron chi connectivity index (χ3n) is 2.08. The van der Waals surface area contributed by atoms with Gasteiger partial charge in [0.15, 0.2) is 5.82 Å². The van der Waals surface area contributed by atoms with Gasteiger partial charge in [-0.2, -0.15) is 11.8 Å². The zero-order valence-electron chi connectivity index (χ0n) is 9.73. The van der Waals surface area contributed by atoms with Crippen molar-refractivity contribution in [1.29, 1.82) is 0 Å². The fraction of sp³-hybridized carbons (Fsp3) is 0.600. The molecule has 0 saturated heterocycles. The largest absolute Gasteiger partial charge is 0.366 e. The number of hydrogen-bond donors (Lipinski definition) is 3. The van der Waals surface area contributed by atoms with Gasteiger partial charge in [-0.05, 0) is 24.9 Å². The van der Waals surface area contributed by atoms with Gasteiger partial charge in [-0.25, -0.2) is 10.8 Å². The highest BCUT2D eigenvalue weighted by Gasteiger charge is 2.03. The molecule has 0 fully saturated rings. The minimum atomic E-state index is 0.390. The summed E-state index contributed by atoms with van der Waals surface area (Å²) >= 11 is 1.95. The molecule has 0 saturated carbocycles. The first-order chi connectivity index (χ1) is 7.76. The molecule has 16 heavy (non-hydrogen) atoms. The van der Waals surface area contributed by atoms with Crippen LogP contribution in [0.1, 0.15) is 20.3 Å². The molecule has 0 amide bonds. The second-order valence-corrected chi connectivity index (χ2v) is 4.86. The van der Waals surface area contributed by atoms with Gasteiger partial charge in [0.05, 0.1) is 12.4 Å². The lowest BCUT2D eigenvalue weighted by Gasteiger charge is -2.14. The van der Waals surface area contributed by atoms with E-state index in [0.717, 1.165) is 18.0 Å². The van der Waals surface area contributed by atoms with Crippen LogP contribution in [0.3, 0.4) is 0 Å². The molecule has 4 N–H and O–H groups in total. The van der Waals surface area contributed by atoms with Crippen molar-refractivity contribution >= 4 is 23.4 Å². The Morgan fingerprint density at radius 3 is 2.88 bits per heavy atom. The number of hydrogen-bond acceptors (Lipinski definition) is 6. The predicted molar refractivity (Wildman–Crippen MR) is 70.5 cm³/mol. The summed E-state index contributed by atoms with van der Waals surface area (Å²) in [5, 5.41) is 3.29. The lowest BCUT2D eigenvalue weighted by Crippen LogP contribution is -2.18. The van der Waals surface area contributed by atoms with Crippen LogP contribution in [-0.2, 0) is 0 Å². The first-order valence-electron chi connectivity index (χ1n) is 5.39. The summed E-state index contributed by atoms with van der Waals surface area (Å²) in [6, 6.07) is 0.390.